The lowest BCUT2D eigenvalue weighted by Crippen LogP contribution is -2.33. The topological polar surface area (TPSA) is 12.5 Å². The second-order valence-electron chi connectivity index (χ2n) is 5.04. The van der Waals surface area contributed by atoms with Gasteiger partial charge in [0.2, 0.25) is 0 Å². The minimum atomic E-state index is 0.615. The summed E-state index contributed by atoms with van der Waals surface area (Å²) in [4.78, 5) is 2.56. The molecule has 0 bridgehead atoms. The third kappa shape index (κ3) is 5.15. The molecule has 1 unspecified atom stereocenters. The number of nitrogens with zero attached hydrogens (tertiary/aromatic N) is 1. The number of hydrogen-bond donors (Lipinski definition) is 0. The molecule has 0 amide bonds. The van der Waals surface area contributed by atoms with Crippen LogP contribution < -0.4 is 4.74 Å². The summed E-state index contributed by atoms with van der Waals surface area (Å²) >= 11 is 3.65. The average Bonchev–Trinajstić information content (AvgIpc) is 2.44. The fraction of sp³-hybridized carbons (Fsp3) is 0.625. The van der Waals surface area contributed by atoms with Crippen LogP contribution in [0.2, 0.25) is 0 Å². The molecule has 0 fully saturated rings. The highest BCUT2D eigenvalue weighted by atomic mass is 79.9. The molecule has 0 saturated carbocycles. The van der Waals surface area contributed by atoms with E-state index in [0.717, 1.165) is 23.3 Å². The van der Waals surface area contributed by atoms with Crippen molar-refractivity contribution in [1.82, 2.24) is 4.90 Å². The highest BCUT2D eigenvalue weighted by Gasteiger charge is 2.14. The van der Waals surface area contributed by atoms with Crippen LogP contribution in [0.1, 0.15) is 45.6 Å². The first-order valence-corrected chi connectivity index (χ1v) is 7.98. The Morgan fingerprint density at radius 2 is 2.05 bits per heavy atom. The zero-order valence-corrected chi connectivity index (χ0v) is 14.2. The van der Waals surface area contributed by atoms with Gasteiger partial charge in [-0.05, 0) is 50.1 Å². The van der Waals surface area contributed by atoms with Gasteiger partial charge in [0, 0.05) is 17.1 Å². The van der Waals surface area contributed by atoms with Crippen LogP contribution in [0.15, 0.2) is 22.7 Å². The van der Waals surface area contributed by atoms with Crippen LogP contribution in [0.25, 0.3) is 0 Å². The standard InChI is InChI=1S/C16H26BrNO/c1-5-7-10-18(13(3)6-2)12-14-11-15(19-4)8-9-16(14)17/h8-9,11,13H,5-7,10,12H2,1-4H3. The van der Waals surface area contributed by atoms with E-state index in [2.05, 4.69) is 53.7 Å². The fourth-order valence-corrected chi connectivity index (χ4v) is 2.46. The summed E-state index contributed by atoms with van der Waals surface area (Å²) in [5.74, 6) is 0.929. The van der Waals surface area contributed by atoms with E-state index in [1.165, 1.54) is 24.8 Å². The number of halogens is 1. The molecular formula is C16H26BrNO. The Hall–Kier alpha value is -0.540. The smallest absolute Gasteiger partial charge is 0.119 e. The summed E-state index contributed by atoms with van der Waals surface area (Å²) in [6.45, 7) is 8.95. The van der Waals surface area contributed by atoms with Crippen molar-refractivity contribution in [2.75, 3.05) is 13.7 Å². The fourth-order valence-electron chi connectivity index (χ4n) is 2.09. The first-order chi connectivity index (χ1) is 9.12. The molecule has 0 heterocycles. The Morgan fingerprint density at radius 3 is 2.63 bits per heavy atom. The molecule has 0 spiro atoms. The van der Waals surface area contributed by atoms with Gasteiger partial charge in [-0.15, -0.1) is 0 Å². The van der Waals surface area contributed by atoms with Gasteiger partial charge in [0.05, 0.1) is 7.11 Å². The molecule has 1 aromatic rings. The maximum Gasteiger partial charge on any atom is 0.119 e. The quantitative estimate of drug-likeness (QED) is 0.676. The molecule has 0 aromatic heterocycles. The van der Waals surface area contributed by atoms with Gasteiger partial charge < -0.3 is 4.74 Å². The first-order valence-electron chi connectivity index (χ1n) is 7.18. The molecule has 0 aliphatic rings. The molecule has 0 radical (unpaired) electrons. The van der Waals surface area contributed by atoms with Crippen LogP contribution in [0.3, 0.4) is 0 Å². The summed E-state index contributed by atoms with van der Waals surface area (Å²) in [5, 5.41) is 0. The maximum atomic E-state index is 5.32. The highest BCUT2D eigenvalue weighted by Crippen LogP contribution is 2.25. The number of rotatable bonds is 8. The average molecular weight is 328 g/mol. The van der Waals surface area contributed by atoms with Gasteiger partial charge in [-0.25, -0.2) is 0 Å². The molecule has 1 rings (SSSR count). The minimum absolute atomic E-state index is 0.615. The molecule has 3 heteroatoms. The number of hydrogen-bond acceptors (Lipinski definition) is 2. The Morgan fingerprint density at radius 1 is 1.32 bits per heavy atom. The Bertz CT molecular complexity index is 381. The van der Waals surface area contributed by atoms with Gasteiger partial charge in [-0.1, -0.05) is 36.2 Å². The lowest BCUT2D eigenvalue weighted by molar-refractivity contribution is 0.191. The van der Waals surface area contributed by atoms with Crippen LogP contribution in [0, 0.1) is 0 Å². The van der Waals surface area contributed by atoms with E-state index in [1.807, 2.05) is 6.07 Å². The molecule has 1 atom stereocenters. The summed E-state index contributed by atoms with van der Waals surface area (Å²) in [6, 6.07) is 6.81. The van der Waals surface area contributed by atoms with Crippen molar-refractivity contribution in [2.24, 2.45) is 0 Å². The number of benzene rings is 1. The molecular weight excluding hydrogens is 302 g/mol. The van der Waals surface area contributed by atoms with Gasteiger partial charge in [-0.2, -0.15) is 0 Å². The van der Waals surface area contributed by atoms with Crippen LogP contribution in [-0.2, 0) is 6.54 Å². The molecule has 0 N–H and O–H groups in total. The third-order valence-electron chi connectivity index (χ3n) is 3.64. The van der Waals surface area contributed by atoms with Crippen LogP contribution in [0.5, 0.6) is 5.75 Å². The molecule has 1 aromatic carbocycles. The number of unbranched alkanes of at least 4 members (excludes halogenated alkanes) is 1. The summed E-state index contributed by atoms with van der Waals surface area (Å²) in [5.41, 5.74) is 1.30. The van der Waals surface area contributed by atoms with Crippen molar-refractivity contribution < 1.29 is 4.74 Å². The second-order valence-corrected chi connectivity index (χ2v) is 5.89. The second kappa shape index (κ2) is 8.60. The van der Waals surface area contributed by atoms with Crippen molar-refractivity contribution in [3.63, 3.8) is 0 Å². The Kier molecular flexibility index (Phi) is 7.47. The summed E-state index contributed by atoms with van der Waals surface area (Å²) in [6.07, 6.45) is 3.68. The van der Waals surface area contributed by atoms with Crippen molar-refractivity contribution >= 4 is 15.9 Å². The highest BCUT2D eigenvalue weighted by molar-refractivity contribution is 9.10. The van der Waals surface area contributed by atoms with E-state index in [1.54, 1.807) is 7.11 Å². The van der Waals surface area contributed by atoms with Gasteiger partial charge in [0.25, 0.3) is 0 Å². The van der Waals surface area contributed by atoms with Crippen LogP contribution in [-0.4, -0.2) is 24.6 Å². The normalized spacial score (nSPS) is 12.7. The monoisotopic (exact) mass is 327 g/mol. The van der Waals surface area contributed by atoms with Crippen molar-refractivity contribution in [1.29, 1.82) is 0 Å². The van der Waals surface area contributed by atoms with E-state index in [9.17, 15) is 0 Å². The van der Waals surface area contributed by atoms with Gasteiger partial charge in [-0.3, -0.25) is 4.90 Å². The minimum Gasteiger partial charge on any atom is -0.497 e. The Balaban J connectivity index is 2.82. The van der Waals surface area contributed by atoms with Crippen molar-refractivity contribution in [3.8, 4) is 5.75 Å². The van der Waals surface area contributed by atoms with Crippen LogP contribution in [0.4, 0.5) is 0 Å². The lowest BCUT2D eigenvalue weighted by atomic mass is 10.1. The predicted octanol–water partition coefficient (Wildman–Crippen LogP) is 4.86. The predicted molar refractivity (Wildman–Crippen MR) is 85.8 cm³/mol. The summed E-state index contributed by atoms with van der Waals surface area (Å²) in [7, 11) is 1.72. The van der Waals surface area contributed by atoms with Crippen molar-refractivity contribution in [3.05, 3.63) is 28.2 Å². The number of ether oxygens (including phenoxy) is 1. The van der Waals surface area contributed by atoms with E-state index < -0.39 is 0 Å². The number of methoxy groups -OCH3 is 1. The SMILES string of the molecule is CCCCN(Cc1cc(OC)ccc1Br)C(C)CC. The largest absolute Gasteiger partial charge is 0.497 e. The molecule has 0 saturated heterocycles. The molecule has 108 valence electrons. The lowest BCUT2D eigenvalue weighted by Gasteiger charge is -2.29. The molecule has 0 aliphatic carbocycles. The van der Waals surface area contributed by atoms with Crippen molar-refractivity contribution in [2.45, 2.75) is 52.6 Å². The van der Waals surface area contributed by atoms with Gasteiger partial charge in [0.1, 0.15) is 5.75 Å². The van der Waals surface area contributed by atoms with Crippen LogP contribution >= 0.6 is 15.9 Å². The molecule has 2 nitrogen and oxygen atoms in total. The zero-order chi connectivity index (χ0) is 14.3. The third-order valence-corrected chi connectivity index (χ3v) is 4.41. The summed E-state index contributed by atoms with van der Waals surface area (Å²) < 4.78 is 6.48. The van der Waals surface area contributed by atoms with E-state index in [0.29, 0.717) is 6.04 Å². The van der Waals surface area contributed by atoms with Gasteiger partial charge in [0.15, 0.2) is 0 Å². The first kappa shape index (κ1) is 16.5. The Labute approximate surface area is 126 Å². The maximum absolute atomic E-state index is 5.32. The van der Waals surface area contributed by atoms with E-state index in [4.69, 9.17) is 4.74 Å². The van der Waals surface area contributed by atoms with E-state index in [-0.39, 0.29) is 0 Å². The van der Waals surface area contributed by atoms with E-state index >= 15 is 0 Å². The molecule has 19 heavy (non-hydrogen) atoms. The molecule has 0 aliphatic heterocycles. The van der Waals surface area contributed by atoms with Gasteiger partial charge >= 0.3 is 0 Å². The zero-order valence-electron chi connectivity index (χ0n) is 12.6.